The van der Waals surface area contributed by atoms with E-state index in [9.17, 15) is 14.3 Å². The molecular weight excluding hydrogens is 235 g/mol. The Bertz CT molecular complexity index is 270. The topological polar surface area (TPSA) is 82.1 Å². The Morgan fingerprint density at radius 1 is 1.31 bits per heavy atom. The van der Waals surface area contributed by atoms with E-state index in [2.05, 4.69) is 9.26 Å². The summed E-state index contributed by atoms with van der Waals surface area (Å²) in [7, 11) is -4.13. The van der Waals surface area contributed by atoms with Crippen LogP contribution in [0.15, 0.2) is 0 Å². The first-order chi connectivity index (χ1) is 7.16. The Balaban J connectivity index is 3.88. The van der Waals surface area contributed by atoms with E-state index in [1.54, 1.807) is 6.92 Å². The molecule has 0 rings (SSSR count). The van der Waals surface area contributed by atoms with Gasteiger partial charge >= 0.3 is 13.8 Å². The Morgan fingerprint density at radius 3 is 2.31 bits per heavy atom. The van der Waals surface area contributed by atoms with Crippen molar-refractivity contribution in [2.45, 2.75) is 34.1 Å². The molecule has 0 aromatic carbocycles. The van der Waals surface area contributed by atoms with Gasteiger partial charge in [0.1, 0.15) is 0 Å². The Morgan fingerprint density at radius 2 is 1.88 bits per heavy atom. The van der Waals surface area contributed by atoms with Crippen LogP contribution in [0.5, 0.6) is 0 Å². The quantitative estimate of drug-likeness (QED) is 0.444. The third-order valence-electron chi connectivity index (χ3n) is 1.39. The molecule has 6 nitrogen and oxygen atoms in total. The van der Waals surface area contributed by atoms with E-state index in [0.717, 1.165) is 0 Å². The number of phosphoric ester groups is 1. The van der Waals surface area contributed by atoms with Crippen LogP contribution in [-0.4, -0.2) is 24.3 Å². The van der Waals surface area contributed by atoms with Crippen molar-refractivity contribution < 1.29 is 28.0 Å². The van der Waals surface area contributed by atoms with Gasteiger partial charge in [0.2, 0.25) is 6.79 Å². The van der Waals surface area contributed by atoms with Crippen molar-refractivity contribution in [3.05, 3.63) is 0 Å². The summed E-state index contributed by atoms with van der Waals surface area (Å²) in [6.07, 6.45) is 0.182. The lowest BCUT2D eigenvalue weighted by Crippen LogP contribution is -2.15. The van der Waals surface area contributed by atoms with Crippen LogP contribution in [0.4, 0.5) is 0 Å². The predicted octanol–water partition coefficient (Wildman–Crippen LogP) is 2.08. The molecule has 96 valence electrons. The van der Waals surface area contributed by atoms with Crippen molar-refractivity contribution in [3.8, 4) is 0 Å². The highest BCUT2D eigenvalue weighted by Gasteiger charge is 2.25. The Hall–Kier alpha value is -0.420. The molecule has 1 atom stereocenters. The normalized spacial score (nSPS) is 15.6. The van der Waals surface area contributed by atoms with E-state index >= 15 is 0 Å². The molecule has 0 aromatic heterocycles. The molecule has 1 N–H and O–H groups in total. The minimum absolute atomic E-state index is 0.0719. The fourth-order valence-corrected chi connectivity index (χ4v) is 1.38. The van der Waals surface area contributed by atoms with Crippen LogP contribution < -0.4 is 0 Å². The lowest BCUT2D eigenvalue weighted by Gasteiger charge is -2.20. The van der Waals surface area contributed by atoms with Crippen LogP contribution in [0.2, 0.25) is 0 Å². The average molecular weight is 254 g/mol. The first-order valence-corrected chi connectivity index (χ1v) is 6.43. The second-order valence-corrected chi connectivity index (χ2v) is 5.87. The number of hydrogen-bond acceptors (Lipinski definition) is 5. The Labute approximate surface area is 95.5 Å². The van der Waals surface area contributed by atoms with Gasteiger partial charge in [-0.2, -0.15) is 0 Å². The molecule has 0 heterocycles. The van der Waals surface area contributed by atoms with Gasteiger partial charge in [0, 0.05) is 6.42 Å². The summed E-state index contributed by atoms with van der Waals surface area (Å²) in [5, 5.41) is 0. The highest BCUT2D eigenvalue weighted by atomic mass is 31.2. The monoisotopic (exact) mass is 254 g/mol. The largest absolute Gasteiger partial charge is 0.475 e. The molecule has 0 bridgehead atoms. The smallest absolute Gasteiger partial charge is 0.438 e. The summed E-state index contributed by atoms with van der Waals surface area (Å²) in [5.41, 5.74) is -0.248. The van der Waals surface area contributed by atoms with Crippen LogP contribution in [-0.2, 0) is 23.1 Å². The van der Waals surface area contributed by atoms with E-state index in [1.165, 1.54) is 0 Å². The van der Waals surface area contributed by atoms with E-state index in [1.807, 2.05) is 20.8 Å². The molecule has 0 saturated carbocycles. The van der Waals surface area contributed by atoms with Crippen molar-refractivity contribution >= 4 is 13.8 Å². The number of hydrogen-bond donors (Lipinski definition) is 1. The highest BCUT2D eigenvalue weighted by molar-refractivity contribution is 7.47. The number of rotatable bonds is 6. The van der Waals surface area contributed by atoms with Gasteiger partial charge in [-0.25, -0.2) is 9.09 Å². The van der Waals surface area contributed by atoms with E-state index in [0.29, 0.717) is 0 Å². The molecule has 1 unspecified atom stereocenters. The molecule has 0 aliphatic heterocycles. The first kappa shape index (κ1) is 15.6. The van der Waals surface area contributed by atoms with Crippen LogP contribution in [0, 0.1) is 5.41 Å². The summed E-state index contributed by atoms with van der Waals surface area (Å²) in [5.74, 6) is -0.504. The third kappa shape index (κ3) is 8.85. The minimum atomic E-state index is -4.13. The zero-order valence-electron chi connectivity index (χ0n) is 10.1. The Kier molecular flexibility index (Phi) is 6.18. The first-order valence-electron chi connectivity index (χ1n) is 4.94. The van der Waals surface area contributed by atoms with Gasteiger partial charge in [-0.3, -0.25) is 9.32 Å². The molecule has 0 aliphatic carbocycles. The van der Waals surface area contributed by atoms with Crippen LogP contribution >= 0.6 is 7.82 Å². The SMILES string of the molecule is CCC(=O)OCOP(=O)(O)OCC(C)(C)C. The van der Waals surface area contributed by atoms with Gasteiger partial charge in [0.15, 0.2) is 0 Å². The summed E-state index contributed by atoms with van der Waals surface area (Å²) in [6.45, 7) is 6.66. The van der Waals surface area contributed by atoms with E-state index in [4.69, 9.17) is 4.52 Å². The fraction of sp³-hybridized carbons (Fsp3) is 0.889. The maximum Gasteiger partial charge on any atom is 0.475 e. The molecule has 7 heteroatoms. The van der Waals surface area contributed by atoms with Gasteiger partial charge in [-0.1, -0.05) is 27.7 Å². The van der Waals surface area contributed by atoms with E-state index < -0.39 is 20.6 Å². The molecule has 16 heavy (non-hydrogen) atoms. The lowest BCUT2D eigenvalue weighted by molar-refractivity contribution is -0.150. The van der Waals surface area contributed by atoms with Gasteiger partial charge in [0.05, 0.1) is 6.61 Å². The maximum atomic E-state index is 11.3. The molecule has 0 fully saturated rings. The number of carbonyl (C=O) groups excluding carboxylic acids is 1. The molecule has 0 saturated heterocycles. The summed E-state index contributed by atoms with van der Waals surface area (Å²) in [6, 6.07) is 0. The molecule has 0 radical (unpaired) electrons. The van der Waals surface area contributed by atoms with Crippen molar-refractivity contribution in [1.82, 2.24) is 0 Å². The summed E-state index contributed by atoms with van der Waals surface area (Å²) < 4.78 is 24.9. The molecule has 0 aliphatic rings. The van der Waals surface area contributed by atoms with Gasteiger partial charge in [-0.05, 0) is 5.41 Å². The second kappa shape index (κ2) is 6.35. The number of ether oxygens (including phenoxy) is 1. The zero-order chi connectivity index (χ0) is 12.8. The molecule has 0 spiro atoms. The summed E-state index contributed by atoms with van der Waals surface area (Å²) in [4.78, 5) is 19.9. The maximum absolute atomic E-state index is 11.3. The number of phosphoric acid groups is 1. The van der Waals surface area contributed by atoms with Crippen LogP contribution in [0.1, 0.15) is 34.1 Å². The minimum Gasteiger partial charge on any atom is -0.438 e. The predicted molar refractivity (Wildman–Crippen MR) is 57.6 cm³/mol. The van der Waals surface area contributed by atoms with Crippen molar-refractivity contribution in [3.63, 3.8) is 0 Å². The van der Waals surface area contributed by atoms with E-state index in [-0.39, 0.29) is 18.4 Å². The molecular formula is C9H19O6P. The van der Waals surface area contributed by atoms with Gasteiger partial charge < -0.3 is 9.63 Å². The van der Waals surface area contributed by atoms with Crippen LogP contribution in [0.25, 0.3) is 0 Å². The second-order valence-electron chi connectivity index (χ2n) is 4.42. The summed E-state index contributed by atoms with van der Waals surface area (Å²) >= 11 is 0. The molecule has 0 aromatic rings. The third-order valence-corrected chi connectivity index (χ3v) is 2.27. The number of esters is 1. The van der Waals surface area contributed by atoms with Crippen LogP contribution in [0.3, 0.4) is 0 Å². The van der Waals surface area contributed by atoms with Gasteiger partial charge in [-0.15, -0.1) is 0 Å². The molecule has 0 amide bonds. The average Bonchev–Trinajstić information content (AvgIpc) is 2.13. The van der Waals surface area contributed by atoms with Crippen molar-refractivity contribution in [1.29, 1.82) is 0 Å². The standard InChI is InChI=1S/C9H19O6P/c1-5-8(10)13-7-15-16(11,12)14-6-9(2,3)4/h5-7H2,1-4H3,(H,11,12). The van der Waals surface area contributed by atoms with Gasteiger partial charge in [0.25, 0.3) is 0 Å². The lowest BCUT2D eigenvalue weighted by atomic mass is 9.99. The van der Waals surface area contributed by atoms with Crippen molar-refractivity contribution in [2.75, 3.05) is 13.4 Å². The highest BCUT2D eigenvalue weighted by Crippen LogP contribution is 2.44. The number of carbonyl (C=O) groups is 1. The van der Waals surface area contributed by atoms with Crippen molar-refractivity contribution in [2.24, 2.45) is 5.41 Å². The fourth-order valence-electron chi connectivity index (χ4n) is 0.573. The zero-order valence-corrected chi connectivity index (χ0v) is 11.0.